The van der Waals surface area contributed by atoms with Gasteiger partial charge < -0.3 is 9.88 Å². The van der Waals surface area contributed by atoms with Crippen LogP contribution in [-0.4, -0.2) is 10.6 Å². The van der Waals surface area contributed by atoms with Crippen LogP contribution in [0.2, 0.25) is 10.0 Å². The summed E-state index contributed by atoms with van der Waals surface area (Å²) >= 11 is 12.7. The molecular weight excluding hydrogens is 447 g/mol. The predicted molar refractivity (Wildman–Crippen MR) is 139 cm³/mol. The Balaban J connectivity index is 1.27. The molecule has 3 aromatic rings. The van der Waals surface area contributed by atoms with E-state index in [1.165, 1.54) is 60.7 Å². The summed E-state index contributed by atoms with van der Waals surface area (Å²) in [6.45, 7) is 6.41. The molecule has 4 heteroatoms. The highest BCUT2D eigenvalue weighted by atomic mass is 35.5. The van der Waals surface area contributed by atoms with Crippen molar-refractivity contribution in [2.45, 2.75) is 71.5 Å². The number of hydrogen-bond acceptors (Lipinski definition) is 1. The van der Waals surface area contributed by atoms with Crippen molar-refractivity contribution in [2.75, 3.05) is 0 Å². The van der Waals surface area contributed by atoms with E-state index >= 15 is 0 Å². The lowest BCUT2D eigenvalue weighted by Gasteiger charge is -2.59. The molecule has 0 saturated heterocycles. The average Bonchev–Trinajstić information content (AvgIpc) is 3.04. The second-order valence-electron chi connectivity index (χ2n) is 11.3. The Morgan fingerprint density at radius 3 is 2.33 bits per heavy atom. The van der Waals surface area contributed by atoms with Gasteiger partial charge in [0.2, 0.25) is 0 Å². The number of halogens is 2. The van der Waals surface area contributed by atoms with E-state index < -0.39 is 0 Å². The summed E-state index contributed by atoms with van der Waals surface area (Å²) in [6, 6.07) is 15.2. The van der Waals surface area contributed by atoms with Crippen LogP contribution in [0.3, 0.4) is 0 Å². The van der Waals surface area contributed by atoms with Gasteiger partial charge in [-0.25, -0.2) is 0 Å². The first kappa shape index (κ1) is 22.0. The van der Waals surface area contributed by atoms with Gasteiger partial charge in [-0.05, 0) is 105 Å². The van der Waals surface area contributed by atoms with Gasteiger partial charge in [-0.2, -0.15) is 0 Å². The quantitative estimate of drug-likeness (QED) is 0.377. The minimum Gasteiger partial charge on any atom is -0.340 e. The van der Waals surface area contributed by atoms with Crippen molar-refractivity contribution in [3.8, 4) is 0 Å². The van der Waals surface area contributed by atoms with Crippen molar-refractivity contribution in [1.29, 1.82) is 0 Å². The second kappa shape index (κ2) is 8.33. The van der Waals surface area contributed by atoms with Crippen LogP contribution in [0.5, 0.6) is 0 Å². The molecule has 1 heterocycles. The monoisotopic (exact) mass is 480 g/mol. The summed E-state index contributed by atoms with van der Waals surface area (Å²) in [5.41, 5.74) is 5.66. The highest BCUT2D eigenvalue weighted by Crippen LogP contribution is 2.61. The van der Waals surface area contributed by atoms with Gasteiger partial charge in [-0.3, -0.25) is 0 Å². The molecule has 1 atom stereocenters. The number of nitrogens with one attached hydrogen (secondary N) is 1. The van der Waals surface area contributed by atoms with E-state index in [0.717, 1.165) is 41.4 Å². The lowest BCUT2D eigenvalue weighted by atomic mass is 9.48. The molecule has 1 unspecified atom stereocenters. The third-order valence-corrected chi connectivity index (χ3v) is 9.88. The molecule has 4 aliphatic rings. The summed E-state index contributed by atoms with van der Waals surface area (Å²) in [7, 11) is 0. The van der Waals surface area contributed by atoms with E-state index in [-0.39, 0.29) is 0 Å². The summed E-state index contributed by atoms with van der Waals surface area (Å²) in [5.74, 6) is 2.98. The summed E-state index contributed by atoms with van der Waals surface area (Å²) in [5, 5.41) is 6.79. The number of rotatable bonds is 6. The molecule has 33 heavy (non-hydrogen) atoms. The van der Waals surface area contributed by atoms with Crippen molar-refractivity contribution in [3.05, 3.63) is 69.3 Å². The van der Waals surface area contributed by atoms with Crippen LogP contribution in [-0.2, 0) is 13.1 Å². The van der Waals surface area contributed by atoms with E-state index in [9.17, 15) is 0 Å². The van der Waals surface area contributed by atoms with E-state index in [1.54, 1.807) is 0 Å². The smallest absolute Gasteiger partial charge is 0.0493 e. The number of fused-ring (bicyclic) bond motifs is 1. The molecule has 0 amide bonds. The maximum atomic E-state index is 6.53. The molecule has 7 rings (SSSR count). The van der Waals surface area contributed by atoms with Crippen LogP contribution < -0.4 is 5.32 Å². The van der Waals surface area contributed by atoms with Gasteiger partial charge in [0.1, 0.15) is 0 Å². The largest absolute Gasteiger partial charge is 0.340 e. The minimum absolute atomic E-state index is 0.526. The van der Waals surface area contributed by atoms with Gasteiger partial charge in [-0.1, -0.05) is 47.5 Å². The molecule has 0 spiro atoms. The van der Waals surface area contributed by atoms with Crippen molar-refractivity contribution in [3.63, 3.8) is 0 Å². The Kier molecular flexibility index (Phi) is 5.55. The fraction of sp³-hybridized carbons (Fsp3) is 0.517. The average molecular weight is 482 g/mol. The number of para-hydroxylation sites is 1. The number of nitrogens with zero attached hydrogens (tertiary/aromatic N) is 1. The third kappa shape index (κ3) is 3.83. The molecule has 4 saturated carbocycles. The van der Waals surface area contributed by atoms with Crippen molar-refractivity contribution in [2.24, 2.45) is 23.2 Å². The Bertz CT molecular complexity index is 1160. The lowest BCUT2D eigenvalue weighted by Crippen LogP contribution is -2.54. The lowest BCUT2D eigenvalue weighted by molar-refractivity contribution is -0.0706. The number of benzene rings is 2. The van der Waals surface area contributed by atoms with E-state index in [0.29, 0.717) is 16.5 Å². The van der Waals surface area contributed by atoms with Crippen LogP contribution in [0.1, 0.15) is 62.3 Å². The zero-order valence-electron chi connectivity index (χ0n) is 19.7. The molecule has 2 nitrogen and oxygen atoms in total. The first-order valence-corrected chi connectivity index (χ1v) is 13.4. The van der Waals surface area contributed by atoms with Gasteiger partial charge >= 0.3 is 0 Å². The molecule has 0 radical (unpaired) electrons. The topological polar surface area (TPSA) is 17.0 Å². The molecule has 4 fully saturated rings. The summed E-state index contributed by atoms with van der Waals surface area (Å²) in [6.07, 6.45) is 8.86. The maximum absolute atomic E-state index is 6.53. The van der Waals surface area contributed by atoms with Gasteiger partial charge in [0, 0.05) is 45.8 Å². The van der Waals surface area contributed by atoms with Crippen molar-refractivity contribution < 1.29 is 0 Å². The highest BCUT2D eigenvalue weighted by Gasteiger charge is 2.52. The molecular formula is C29H34Cl2N2. The number of hydrogen-bond donors (Lipinski definition) is 1. The molecule has 1 aromatic heterocycles. The Hall–Kier alpha value is -1.48. The summed E-state index contributed by atoms with van der Waals surface area (Å²) in [4.78, 5) is 0. The first-order chi connectivity index (χ1) is 15.9. The molecule has 4 bridgehead atoms. The van der Waals surface area contributed by atoms with Crippen LogP contribution in [0.4, 0.5) is 0 Å². The Morgan fingerprint density at radius 1 is 1.00 bits per heavy atom. The number of aromatic nitrogens is 1. The Morgan fingerprint density at radius 2 is 1.67 bits per heavy atom. The van der Waals surface area contributed by atoms with E-state index in [1.807, 2.05) is 18.2 Å². The van der Waals surface area contributed by atoms with Crippen LogP contribution in [0, 0.1) is 30.1 Å². The normalized spacial score (nSPS) is 29.2. The summed E-state index contributed by atoms with van der Waals surface area (Å²) < 4.78 is 2.41. The first-order valence-electron chi connectivity index (χ1n) is 12.7. The highest BCUT2D eigenvalue weighted by molar-refractivity contribution is 6.35. The minimum atomic E-state index is 0.526. The maximum Gasteiger partial charge on any atom is 0.0493 e. The molecule has 174 valence electrons. The zero-order valence-corrected chi connectivity index (χ0v) is 21.2. The van der Waals surface area contributed by atoms with Gasteiger partial charge in [0.25, 0.3) is 0 Å². The third-order valence-electron chi connectivity index (χ3n) is 9.29. The van der Waals surface area contributed by atoms with Crippen LogP contribution in [0.15, 0.2) is 42.5 Å². The fourth-order valence-electron chi connectivity index (χ4n) is 7.93. The standard InChI is InChI=1S/C29H34Cl2N2/c1-18-26(16-32-19(2)29-13-20-9-21(14-29)11-22(10-20)15-29)25-5-3-4-6-28(25)33(18)17-23-7-8-24(30)12-27(23)31/h3-8,12,19-22,32H,9-11,13-17H2,1-2H3. The van der Waals surface area contributed by atoms with Crippen LogP contribution in [0.25, 0.3) is 10.9 Å². The van der Waals surface area contributed by atoms with E-state index in [4.69, 9.17) is 23.2 Å². The molecule has 2 aromatic carbocycles. The van der Waals surface area contributed by atoms with Gasteiger partial charge in [-0.15, -0.1) is 0 Å². The van der Waals surface area contributed by atoms with E-state index in [2.05, 4.69) is 48.0 Å². The SMILES string of the molecule is Cc1c(CNC(C)C23CC4CC(CC(C4)C2)C3)c2ccccc2n1Cc1ccc(Cl)cc1Cl. The van der Waals surface area contributed by atoms with Crippen molar-refractivity contribution >= 4 is 34.1 Å². The fourth-order valence-corrected chi connectivity index (χ4v) is 8.40. The second-order valence-corrected chi connectivity index (χ2v) is 12.1. The van der Waals surface area contributed by atoms with Crippen molar-refractivity contribution in [1.82, 2.24) is 9.88 Å². The zero-order chi connectivity index (χ0) is 22.7. The van der Waals surface area contributed by atoms with Gasteiger partial charge in [0.15, 0.2) is 0 Å². The molecule has 1 N–H and O–H groups in total. The van der Waals surface area contributed by atoms with Crippen LogP contribution >= 0.6 is 23.2 Å². The Labute approximate surface area is 207 Å². The molecule has 4 aliphatic carbocycles. The molecule has 0 aliphatic heterocycles. The van der Waals surface area contributed by atoms with Gasteiger partial charge in [0.05, 0.1) is 0 Å². The predicted octanol–water partition coefficient (Wildman–Crippen LogP) is 8.00.